The van der Waals surface area contributed by atoms with Crippen LogP contribution in [0.4, 0.5) is 0 Å². The lowest BCUT2D eigenvalue weighted by Crippen LogP contribution is -1.98. The predicted molar refractivity (Wildman–Crippen MR) is 73.8 cm³/mol. The molecular formula is C14H15BrO3. The van der Waals surface area contributed by atoms with Crippen molar-refractivity contribution in [2.75, 3.05) is 14.2 Å². The summed E-state index contributed by atoms with van der Waals surface area (Å²) < 4.78 is 16.0. The number of aryl methyl sites for hydroxylation is 1. The summed E-state index contributed by atoms with van der Waals surface area (Å²) in [6.07, 6.45) is 1.69. The van der Waals surface area contributed by atoms with E-state index >= 15 is 0 Å². The number of halogens is 1. The number of hydrogen-bond acceptors (Lipinski definition) is 3. The molecule has 2 rings (SSSR count). The van der Waals surface area contributed by atoms with E-state index in [4.69, 9.17) is 13.9 Å². The van der Waals surface area contributed by atoms with Gasteiger partial charge in [-0.3, -0.25) is 0 Å². The molecule has 1 unspecified atom stereocenters. The predicted octanol–water partition coefficient (Wildman–Crippen LogP) is 4.09. The van der Waals surface area contributed by atoms with Gasteiger partial charge in [-0.05, 0) is 31.2 Å². The van der Waals surface area contributed by atoms with Gasteiger partial charge in [0.05, 0.1) is 25.3 Å². The number of benzene rings is 1. The zero-order valence-electron chi connectivity index (χ0n) is 10.6. The first-order valence-electron chi connectivity index (χ1n) is 5.57. The first-order chi connectivity index (χ1) is 8.67. The van der Waals surface area contributed by atoms with Crippen LogP contribution >= 0.6 is 15.9 Å². The SMILES string of the molecule is COc1ccc(OC)c(C(Br)c2ccoc2C)c1. The van der Waals surface area contributed by atoms with E-state index in [0.717, 1.165) is 28.4 Å². The molecule has 0 aliphatic rings. The molecule has 0 radical (unpaired) electrons. The van der Waals surface area contributed by atoms with Gasteiger partial charge in [-0.1, -0.05) is 15.9 Å². The second-order valence-corrected chi connectivity index (χ2v) is 4.82. The maximum Gasteiger partial charge on any atom is 0.123 e. The maximum atomic E-state index is 5.39. The van der Waals surface area contributed by atoms with Gasteiger partial charge in [-0.2, -0.15) is 0 Å². The summed E-state index contributed by atoms with van der Waals surface area (Å²) >= 11 is 3.68. The van der Waals surface area contributed by atoms with Crippen LogP contribution in [0.1, 0.15) is 21.7 Å². The van der Waals surface area contributed by atoms with Gasteiger partial charge >= 0.3 is 0 Å². The van der Waals surface area contributed by atoms with Crippen LogP contribution in [0.5, 0.6) is 11.5 Å². The number of methoxy groups -OCH3 is 2. The van der Waals surface area contributed by atoms with Crippen LogP contribution in [0.25, 0.3) is 0 Å². The molecule has 0 N–H and O–H groups in total. The molecule has 0 amide bonds. The van der Waals surface area contributed by atoms with Crippen LogP contribution in [0, 0.1) is 6.92 Å². The molecule has 4 heteroatoms. The smallest absolute Gasteiger partial charge is 0.123 e. The number of hydrogen-bond donors (Lipinski definition) is 0. The monoisotopic (exact) mass is 310 g/mol. The third kappa shape index (κ3) is 2.38. The van der Waals surface area contributed by atoms with Crippen molar-refractivity contribution >= 4 is 15.9 Å². The van der Waals surface area contributed by atoms with Crippen LogP contribution in [-0.2, 0) is 0 Å². The molecule has 0 spiro atoms. The van der Waals surface area contributed by atoms with E-state index in [9.17, 15) is 0 Å². The molecule has 1 aromatic heterocycles. The van der Waals surface area contributed by atoms with Crippen molar-refractivity contribution in [2.24, 2.45) is 0 Å². The molecule has 2 aromatic rings. The summed E-state index contributed by atoms with van der Waals surface area (Å²) in [6.45, 7) is 1.94. The second kappa shape index (κ2) is 5.48. The molecule has 96 valence electrons. The Kier molecular flexibility index (Phi) is 3.97. The van der Waals surface area contributed by atoms with Crippen molar-refractivity contribution in [1.29, 1.82) is 0 Å². The highest BCUT2D eigenvalue weighted by molar-refractivity contribution is 9.09. The highest BCUT2D eigenvalue weighted by Gasteiger charge is 2.19. The van der Waals surface area contributed by atoms with Crippen molar-refractivity contribution < 1.29 is 13.9 Å². The van der Waals surface area contributed by atoms with E-state index in [0.29, 0.717) is 0 Å². The summed E-state index contributed by atoms with van der Waals surface area (Å²) in [5.74, 6) is 2.51. The highest BCUT2D eigenvalue weighted by atomic mass is 79.9. The average Bonchev–Trinajstić information content (AvgIpc) is 2.83. The molecule has 1 heterocycles. The van der Waals surface area contributed by atoms with E-state index in [1.165, 1.54) is 0 Å². The van der Waals surface area contributed by atoms with Crippen molar-refractivity contribution in [2.45, 2.75) is 11.8 Å². The van der Waals surface area contributed by atoms with E-state index in [2.05, 4.69) is 15.9 Å². The summed E-state index contributed by atoms with van der Waals surface area (Å²) in [6, 6.07) is 7.69. The zero-order chi connectivity index (χ0) is 13.1. The van der Waals surface area contributed by atoms with Gasteiger partial charge < -0.3 is 13.9 Å². The molecule has 0 aliphatic heterocycles. The summed E-state index contributed by atoms with van der Waals surface area (Å²) in [4.78, 5) is 0.0151. The van der Waals surface area contributed by atoms with Gasteiger partial charge in [-0.15, -0.1) is 0 Å². The quantitative estimate of drug-likeness (QED) is 0.797. The fraction of sp³-hybridized carbons (Fsp3) is 0.286. The van der Waals surface area contributed by atoms with Crippen molar-refractivity contribution in [1.82, 2.24) is 0 Å². The molecule has 1 aromatic carbocycles. The first-order valence-corrected chi connectivity index (χ1v) is 6.49. The Hall–Kier alpha value is -1.42. The third-order valence-corrected chi connectivity index (χ3v) is 3.87. The Morgan fingerprint density at radius 2 is 1.89 bits per heavy atom. The van der Waals surface area contributed by atoms with Crippen molar-refractivity contribution in [3.63, 3.8) is 0 Å². The number of alkyl halides is 1. The maximum absolute atomic E-state index is 5.39. The number of rotatable bonds is 4. The summed E-state index contributed by atoms with van der Waals surface area (Å²) in [5, 5.41) is 0. The van der Waals surface area contributed by atoms with Crippen molar-refractivity contribution in [3.05, 3.63) is 47.4 Å². The molecule has 0 aliphatic carbocycles. The van der Waals surface area contributed by atoms with Gasteiger partial charge in [0.15, 0.2) is 0 Å². The van der Waals surface area contributed by atoms with E-state index < -0.39 is 0 Å². The third-order valence-electron chi connectivity index (χ3n) is 2.88. The zero-order valence-corrected chi connectivity index (χ0v) is 12.2. The van der Waals surface area contributed by atoms with Gasteiger partial charge in [0.2, 0.25) is 0 Å². The van der Waals surface area contributed by atoms with E-state index in [1.807, 2.05) is 31.2 Å². The highest BCUT2D eigenvalue weighted by Crippen LogP contribution is 2.39. The lowest BCUT2D eigenvalue weighted by molar-refractivity contribution is 0.399. The minimum absolute atomic E-state index is 0.0151. The average molecular weight is 311 g/mol. The Bertz CT molecular complexity index is 534. The van der Waals surface area contributed by atoms with Gasteiger partial charge in [0, 0.05) is 11.1 Å². The van der Waals surface area contributed by atoms with Crippen LogP contribution in [0.15, 0.2) is 34.9 Å². The summed E-state index contributed by atoms with van der Waals surface area (Å²) in [7, 11) is 3.31. The van der Waals surface area contributed by atoms with Gasteiger partial charge in [0.1, 0.15) is 17.3 Å². The molecular weight excluding hydrogens is 296 g/mol. The molecule has 18 heavy (non-hydrogen) atoms. The standard InChI is InChI=1S/C14H15BrO3/c1-9-11(6-7-18-9)14(15)12-8-10(16-2)4-5-13(12)17-3/h4-8,14H,1-3H3. The minimum atomic E-state index is 0.0151. The lowest BCUT2D eigenvalue weighted by Gasteiger charge is -2.15. The largest absolute Gasteiger partial charge is 0.497 e. The second-order valence-electron chi connectivity index (χ2n) is 3.90. The fourth-order valence-corrected chi connectivity index (χ4v) is 2.70. The lowest BCUT2D eigenvalue weighted by atomic mass is 10.0. The van der Waals surface area contributed by atoms with Crippen LogP contribution in [-0.4, -0.2) is 14.2 Å². The minimum Gasteiger partial charge on any atom is -0.497 e. The van der Waals surface area contributed by atoms with Gasteiger partial charge in [-0.25, -0.2) is 0 Å². The van der Waals surface area contributed by atoms with Crippen molar-refractivity contribution in [3.8, 4) is 11.5 Å². The van der Waals surface area contributed by atoms with Crippen LogP contribution < -0.4 is 9.47 Å². The normalized spacial score (nSPS) is 12.2. The molecule has 0 saturated heterocycles. The number of ether oxygens (including phenoxy) is 2. The Balaban J connectivity index is 2.45. The molecule has 3 nitrogen and oxygen atoms in total. The Labute approximate surface area is 115 Å². The van der Waals surface area contributed by atoms with Crippen LogP contribution in [0.3, 0.4) is 0 Å². The molecule has 1 atom stereocenters. The van der Waals surface area contributed by atoms with E-state index in [-0.39, 0.29) is 4.83 Å². The molecule has 0 bridgehead atoms. The molecule has 0 fully saturated rings. The first kappa shape index (κ1) is 13.0. The Morgan fingerprint density at radius 1 is 1.11 bits per heavy atom. The van der Waals surface area contributed by atoms with Gasteiger partial charge in [0.25, 0.3) is 0 Å². The number of furan rings is 1. The fourth-order valence-electron chi connectivity index (χ4n) is 1.86. The van der Waals surface area contributed by atoms with Crippen LogP contribution in [0.2, 0.25) is 0 Å². The Morgan fingerprint density at radius 3 is 2.44 bits per heavy atom. The molecule has 0 saturated carbocycles. The van der Waals surface area contributed by atoms with E-state index in [1.54, 1.807) is 20.5 Å². The topological polar surface area (TPSA) is 31.6 Å². The summed E-state index contributed by atoms with van der Waals surface area (Å²) in [5.41, 5.74) is 2.10.